The van der Waals surface area contributed by atoms with Gasteiger partial charge in [-0.3, -0.25) is 5.32 Å². The number of aliphatic hydroxyl groups is 1. The SMILES string of the molecule is C[C@@H](O)CCNC(=O)Nc1cc(C#N)c(Br)cn1. The molecule has 0 aliphatic rings. The lowest BCUT2D eigenvalue weighted by molar-refractivity contribution is 0.184. The Morgan fingerprint density at radius 3 is 3.06 bits per heavy atom. The summed E-state index contributed by atoms with van der Waals surface area (Å²) in [4.78, 5) is 15.4. The Bertz CT molecular complexity index is 471. The molecule has 7 heteroatoms. The second-order valence-electron chi connectivity index (χ2n) is 3.68. The van der Waals surface area contributed by atoms with Gasteiger partial charge in [0.1, 0.15) is 11.9 Å². The molecule has 0 radical (unpaired) electrons. The number of nitrogens with one attached hydrogen (secondary N) is 2. The van der Waals surface area contributed by atoms with Gasteiger partial charge in [-0.05, 0) is 35.3 Å². The zero-order valence-corrected chi connectivity index (χ0v) is 11.4. The average Bonchev–Trinajstić information content (AvgIpc) is 2.31. The molecule has 1 atom stereocenters. The number of urea groups is 1. The maximum atomic E-state index is 11.4. The largest absolute Gasteiger partial charge is 0.393 e. The normalized spacial score (nSPS) is 11.4. The van der Waals surface area contributed by atoms with Gasteiger partial charge in [0.25, 0.3) is 0 Å². The van der Waals surface area contributed by atoms with Crippen molar-refractivity contribution in [3.8, 4) is 6.07 Å². The summed E-state index contributed by atoms with van der Waals surface area (Å²) >= 11 is 3.17. The number of aliphatic hydroxyl groups excluding tert-OH is 1. The molecule has 0 aromatic carbocycles. The summed E-state index contributed by atoms with van der Waals surface area (Å²) in [7, 11) is 0. The summed E-state index contributed by atoms with van der Waals surface area (Å²) in [6.45, 7) is 2.01. The van der Waals surface area contributed by atoms with E-state index in [9.17, 15) is 4.79 Å². The van der Waals surface area contributed by atoms with Crippen molar-refractivity contribution < 1.29 is 9.90 Å². The second-order valence-corrected chi connectivity index (χ2v) is 4.53. The molecular formula is C11H13BrN4O2. The van der Waals surface area contributed by atoms with Crippen molar-refractivity contribution in [2.75, 3.05) is 11.9 Å². The lowest BCUT2D eigenvalue weighted by Gasteiger charge is -2.08. The van der Waals surface area contributed by atoms with Gasteiger partial charge in [0.15, 0.2) is 0 Å². The number of halogens is 1. The number of hydrogen-bond acceptors (Lipinski definition) is 4. The molecule has 1 aromatic heterocycles. The highest BCUT2D eigenvalue weighted by molar-refractivity contribution is 9.10. The van der Waals surface area contributed by atoms with E-state index >= 15 is 0 Å². The molecule has 1 aromatic rings. The number of nitrogens with zero attached hydrogens (tertiary/aromatic N) is 2. The first kappa shape index (κ1) is 14.4. The molecule has 1 rings (SSSR count). The number of hydrogen-bond donors (Lipinski definition) is 3. The zero-order chi connectivity index (χ0) is 13.5. The van der Waals surface area contributed by atoms with E-state index in [2.05, 4.69) is 31.5 Å². The van der Waals surface area contributed by atoms with Crippen molar-refractivity contribution in [1.82, 2.24) is 10.3 Å². The van der Waals surface area contributed by atoms with Gasteiger partial charge >= 0.3 is 6.03 Å². The molecule has 0 saturated heterocycles. The quantitative estimate of drug-likeness (QED) is 0.786. The number of carbonyl (C=O) groups is 1. The first-order valence-corrected chi connectivity index (χ1v) is 6.10. The molecule has 6 nitrogen and oxygen atoms in total. The van der Waals surface area contributed by atoms with Gasteiger partial charge in [-0.1, -0.05) is 0 Å². The summed E-state index contributed by atoms with van der Waals surface area (Å²) in [6.07, 6.45) is 1.47. The smallest absolute Gasteiger partial charge is 0.320 e. The van der Waals surface area contributed by atoms with E-state index in [0.717, 1.165) is 0 Å². The summed E-state index contributed by atoms with van der Waals surface area (Å²) < 4.78 is 0.574. The number of pyridine rings is 1. The van der Waals surface area contributed by atoms with E-state index in [1.807, 2.05) is 6.07 Å². The molecule has 0 unspecified atom stereocenters. The van der Waals surface area contributed by atoms with Gasteiger partial charge in [-0.25, -0.2) is 9.78 Å². The molecule has 2 amide bonds. The van der Waals surface area contributed by atoms with E-state index in [-0.39, 0.29) is 0 Å². The van der Waals surface area contributed by atoms with Crippen LogP contribution in [0.3, 0.4) is 0 Å². The molecule has 18 heavy (non-hydrogen) atoms. The number of carbonyl (C=O) groups excluding carboxylic acids is 1. The third-order valence-corrected chi connectivity index (χ3v) is 2.70. The highest BCUT2D eigenvalue weighted by Crippen LogP contribution is 2.17. The highest BCUT2D eigenvalue weighted by atomic mass is 79.9. The van der Waals surface area contributed by atoms with Gasteiger partial charge < -0.3 is 10.4 Å². The van der Waals surface area contributed by atoms with E-state index in [4.69, 9.17) is 10.4 Å². The minimum atomic E-state index is -0.457. The number of rotatable bonds is 4. The van der Waals surface area contributed by atoms with Crippen molar-refractivity contribution in [2.45, 2.75) is 19.4 Å². The summed E-state index contributed by atoms with van der Waals surface area (Å²) in [5.74, 6) is 0.296. The maximum absolute atomic E-state index is 11.4. The van der Waals surface area contributed by atoms with Crippen molar-refractivity contribution in [2.24, 2.45) is 0 Å². The molecule has 0 saturated carbocycles. The number of anilines is 1. The molecule has 0 bridgehead atoms. The third-order valence-electron chi connectivity index (χ3n) is 2.07. The van der Waals surface area contributed by atoms with Crippen LogP contribution >= 0.6 is 15.9 Å². The Kier molecular flexibility index (Phi) is 5.55. The maximum Gasteiger partial charge on any atom is 0.320 e. The number of nitriles is 1. The zero-order valence-electron chi connectivity index (χ0n) is 9.77. The van der Waals surface area contributed by atoms with Crippen molar-refractivity contribution in [3.63, 3.8) is 0 Å². The van der Waals surface area contributed by atoms with Gasteiger partial charge in [-0.2, -0.15) is 5.26 Å². The fourth-order valence-corrected chi connectivity index (χ4v) is 1.45. The Balaban J connectivity index is 2.52. The molecule has 0 fully saturated rings. The summed E-state index contributed by atoms with van der Waals surface area (Å²) in [5, 5.41) is 22.9. The predicted molar refractivity (Wildman–Crippen MR) is 70.0 cm³/mol. The van der Waals surface area contributed by atoms with Crippen LogP contribution in [0.15, 0.2) is 16.7 Å². The van der Waals surface area contributed by atoms with E-state index in [1.54, 1.807) is 6.92 Å². The number of aromatic nitrogens is 1. The third kappa shape index (κ3) is 4.69. The van der Waals surface area contributed by atoms with Crippen LogP contribution in [0.1, 0.15) is 18.9 Å². The van der Waals surface area contributed by atoms with E-state index in [0.29, 0.717) is 28.8 Å². The standard InChI is InChI=1S/C11H13BrN4O2/c1-7(17)2-3-14-11(18)16-10-4-8(5-13)9(12)6-15-10/h4,6-7,17H,2-3H2,1H3,(H2,14,15,16,18)/t7-/m1/s1. The van der Waals surface area contributed by atoms with Gasteiger partial charge in [0, 0.05) is 12.7 Å². The Morgan fingerprint density at radius 1 is 1.72 bits per heavy atom. The van der Waals surface area contributed by atoms with Gasteiger partial charge in [0.05, 0.1) is 16.1 Å². The number of amides is 2. The average molecular weight is 313 g/mol. The van der Waals surface area contributed by atoms with Crippen molar-refractivity contribution in [3.05, 3.63) is 22.3 Å². The molecule has 1 heterocycles. The van der Waals surface area contributed by atoms with Crippen molar-refractivity contribution in [1.29, 1.82) is 5.26 Å². The summed E-state index contributed by atoms with van der Waals surface area (Å²) in [5.41, 5.74) is 0.393. The molecule has 0 spiro atoms. The topological polar surface area (TPSA) is 98.0 Å². The fourth-order valence-electron chi connectivity index (χ4n) is 1.15. The minimum absolute atomic E-state index is 0.296. The van der Waals surface area contributed by atoms with Crippen molar-refractivity contribution >= 4 is 27.8 Å². The van der Waals surface area contributed by atoms with Crippen LogP contribution in [0.5, 0.6) is 0 Å². The monoisotopic (exact) mass is 312 g/mol. The first-order valence-electron chi connectivity index (χ1n) is 5.31. The molecule has 96 valence electrons. The van der Waals surface area contributed by atoms with E-state index in [1.165, 1.54) is 12.3 Å². The second kappa shape index (κ2) is 6.93. The molecule has 0 aliphatic heterocycles. The summed E-state index contributed by atoms with van der Waals surface area (Å²) in [6, 6.07) is 3.02. The van der Waals surface area contributed by atoms with Crippen LogP contribution in [0.2, 0.25) is 0 Å². The van der Waals surface area contributed by atoms with Crippen LogP contribution in [0.25, 0.3) is 0 Å². The molecule has 0 aliphatic carbocycles. The van der Waals surface area contributed by atoms with Crippen LogP contribution in [-0.2, 0) is 0 Å². The molecular weight excluding hydrogens is 300 g/mol. The van der Waals surface area contributed by atoms with E-state index < -0.39 is 12.1 Å². The first-order chi connectivity index (χ1) is 8.52. The Hall–Kier alpha value is -1.65. The van der Waals surface area contributed by atoms with Crippen LogP contribution in [-0.4, -0.2) is 28.8 Å². The highest BCUT2D eigenvalue weighted by Gasteiger charge is 2.06. The van der Waals surface area contributed by atoms with Crippen LogP contribution in [0, 0.1) is 11.3 Å². The lowest BCUT2D eigenvalue weighted by Crippen LogP contribution is -2.31. The molecule has 3 N–H and O–H groups in total. The van der Waals surface area contributed by atoms with Gasteiger partial charge in [-0.15, -0.1) is 0 Å². The van der Waals surface area contributed by atoms with Crippen LogP contribution in [0.4, 0.5) is 10.6 Å². The van der Waals surface area contributed by atoms with Gasteiger partial charge in [0.2, 0.25) is 0 Å². The lowest BCUT2D eigenvalue weighted by atomic mass is 10.3. The Morgan fingerprint density at radius 2 is 2.44 bits per heavy atom. The fraction of sp³-hybridized carbons (Fsp3) is 0.364. The van der Waals surface area contributed by atoms with Crippen LogP contribution < -0.4 is 10.6 Å². The predicted octanol–water partition coefficient (Wildman–Crippen LogP) is 1.61. The Labute approximate surface area is 113 Å². The minimum Gasteiger partial charge on any atom is -0.393 e.